The lowest BCUT2D eigenvalue weighted by molar-refractivity contribution is -0.132. The molecule has 1 unspecified atom stereocenters. The Morgan fingerprint density at radius 1 is 1.02 bits per heavy atom. The maximum atomic E-state index is 14.2. The molecule has 236 valence electrons. The van der Waals surface area contributed by atoms with Crippen LogP contribution >= 0.6 is 23.1 Å². The largest absolute Gasteiger partial charge is 0.505 e. The molecule has 1 aliphatic heterocycles. The fourth-order valence-corrected chi connectivity index (χ4v) is 7.22. The van der Waals surface area contributed by atoms with Gasteiger partial charge in [0.15, 0.2) is 21.6 Å². The summed E-state index contributed by atoms with van der Waals surface area (Å²) >= 11 is 2.36. The van der Waals surface area contributed by atoms with Gasteiger partial charge < -0.3 is 19.0 Å². The molecular formula is C33H30FN5O5S2. The first-order valence-corrected chi connectivity index (χ1v) is 16.4. The second kappa shape index (κ2) is 12.9. The third-order valence-electron chi connectivity index (χ3n) is 7.55. The number of amides is 1. The van der Waals surface area contributed by atoms with E-state index in [2.05, 4.69) is 15.2 Å². The monoisotopic (exact) mass is 659 g/mol. The molecular weight excluding hydrogens is 630 g/mol. The van der Waals surface area contributed by atoms with E-state index in [1.54, 1.807) is 43.3 Å². The van der Waals surface area contributed by atoms with E-state index in [0.29, 0.717) is 57.3 Å². The Morgan fingerprint density at radius 3 is 2.52 bits per heavy atom. The Bertz CT molecular complexity index is 2010. The topological polar surface area (TPSA) is 119 Å². The van der Waals surface area contributed by atoms with Crippen LogP contribution in [0.25, 0.3) is 11.4 Å². The smallest absolute Gasteiger partial charge is 0.301 e. The number of aryl methyl sites for hydroxylation is 2. The van der Waals surface area contributed by atoms with E-state index in [4.69, 9.17) is 9.47 Å². The van der Waals surface area contributed by atoms with Gasteiger partial charge in [0.25, 0.3) is 5.78 Å². The first-order valence-electron chi connectivity index (χ1n) is 14.6. The highest BCUT2D eigenvalue weighted by atomic mass is 32.2. The number of carbonyl (C=O) groups excluding carboxylic acids is 2. The summed E-state index contributed by atoms with van der Waals surface area (Å²) in [4.78, 5) is 33.5. The van der Waals surface area contributed by atoms with Gasteiger partial charge in [-0.3, -0.25) is 14.5 Å². The Labute approximate surface area is 272 Å². The van der Waals surface area contributed by atoms with Gasteiger partial charge in [0.1, 0.15) is 17.2 Å². The van der Waals surface area contributed by atoms with E-state index in [1.807, 2.05) is 43.5 Å². The number of aliphatic hydroxyl groups is 1. The molecule has 2 aromatic carbocycles. The van der Waals surface area contributed by atoms with Gasteiger partial charge in [-0.05, 0) is 68.7 Å². The first-order chi connectivity index (χ1) is 22.2. The molecule has 13 heteroatoms. The van der Waals surface area contributed by atoms with Gasteiger partial charge in [0, 0.05) is 11.9 Å². The highest BCUT2D eigenvalue weighted by molar-refractivity contribution is 8.00. The lowest BCUT2D eigenvalue weighted by Gasteiger charge is -2.23. The Hall–Kier alpha value is -4.75. The number of nitrogens with zero attached hydrogens (tertiary/aromatic N) is 5. The van der Waals surface area contributed by atoms with Crippen molar-refractivity contribution >= 4 is 51.3 Å². The predicted molar refractivity (Wildman–Crippen MR) is 174 cm³/mol. The van der Waals surface area contributed by atoms with E-state index in [1.165, 1.54) is 22.7 Å². The van der Waals surface area contributed by atoms with Crippen molar-refractivity contribution in [1.82, 2.24) is 19.6 Å². The molecule has 0 radical (unpaired) electrons. The molecule has 1 saturated heterocycles. The van der Waals surface area contributed by atoms with E-state index in [9.17, 15) is 19.1 Å². The minimum atomic E-state index is -1.09. The van der Waals surface area contributed by atoms with Gasteiger partial charge in [0.2, 0.25) is 5.13 Å². The van der Waals surface area contributed by atoms with Gasteiger partial charge in [-0.2, -0.15) is 0 Å². The number of anilines is 1. The number of aliphatic hydroxyl groups excluding tert-OH is 1. The van der Waals surface area contributed by atoms with Crippen LogP contribution in [0.1, 0.15) is 48.0 Å². The van der Waals surface area contributed by atoms with Crippen LogP contribution in [-0.4, -0.2) is 49.6 Å². The van der Waals surface area contributed by atoms with Gasteiger partial charge in [-0.1, -0.05) is 53.4 Å². The number of benzene rings is 2. The highest BCUT2D eigenvalue weighted by Crippen LogP contribution is 2.46. The second-order valence-electron chi connectivity index (χ2n) is 10.4. The number of Topliss-reactive ketones (excluding diaryl/α,β-unsaturated/α-hetero) is 1. The summed E-state index contributed by atoms with van der Waals surface area (Å²) < 4.78 is 28.1. The Kier molecular flexibility index (Phi) is 8.78. The van der Waals surface area contributed by atoms with E-state index >= 15 is 0 Å². The second-order valence-corrected chi connectivity index (χ2v) is 12.6. The third kappa shape index (κ3) is 5.60. The van der Waals surface area contributed by atoms with Crippen molar-refractivity contribution in [3.63, 3.8) is 0 Å². The maximum Gasteiger partial charge on any atom is 0.301 e. The zero-order valence-corrected chi connectivity index (χ0v) is 27.1. The molecule has 0 aliphatic carbocycles. The minimum Gasteiger partial charge on any atom is -0.505 e. The Balaban J connectivity index is 1.48. The molecule has 0 bridgehead atoms. The van der Waals surface area contributed by atoms with E-state index in [0.717, 1.165) is 16.9 Å². The standard InChI is InChI=1S/C33H30FN5O5S2/c1-5-43-23-14-13-20(16-24(23)44-6-2)27-25(28(40)26-19(4)38-15-9-10-18(3)30(38)35-26)29(41)31(42)39(27)32-36-37-33(46-32)45-17-21-11-7-8-12-22(21)34/h7-16,27,40H,5-6,17H2,1-4H3/b28-25+. The SMILES string of the molecule is CCOc1ccc(C2/C(=C(\O)c3nc4c(C)cccn4c3C)C(=O)C(=O)N2c2nnc(SCc3ccccc3F)s2)cc1OCC. The number of ketones is 1. The normalized spacial score (nSPS) is 16.0. The molecule has 3 aromatic heterocycles. The highest BCUT2D eigenvalue weighted by Gasteiger charge is 2.49. The van der Waals surface area contributed by atoms with Crippen LogP contribution in [0.4, 0.5) is 9.52 Å². The number of hydrogen-bond acceptors (Lipinski definition) is 10. The van der Waals surface area contributed by atoms with Crippen LogP contribution in [0.2, 0.25) is 0 Å². The zero-order chi connectivity index (χ0) is 32.5. The third-order valence-corrected chi connectivity index (χ3v) is 9.65. The van der Waals surface area contributed by atoms with Crippen molar-refractivity contribution in [3.8, 4) is 11.5 Å². The summed E-state index contributed by atoms with van der Waals surface area (Å²) in [7, 11) is 0. The zero-order valence-electron chi connectivity index (χ0n) is 25.5. The average Bonchev–Trinajstić information content (AvgIpc) is 3.72. The summed E-state index contributed by atoms with van der Waals surface area (Å²) in [5.41, 5.74) is 3.13. The molecule has 5 aromatic rings. The van der Waals surface area contributed by atoms with Crippen LogP contribution in [0.3, 0.4) is 0 Å². The molecule has 1 amide bonds. The summed E-state index contributed by atoms with van der Waals surface area (Å²) in [6.45, 7) is 8.13. The molecule has 10 nitrogen and oxygen atoms in total. The quantitative estimate of drug-likeness (QED) is 0.0577. The van der Waals surface area contributed by atoms with Crippen molar-refractivity contribution in [2.24, 2.45) is 0 Å². The fourth-order valence-electron chi connectivity index (χ4n) is 5.37. The number of thioether (sulfide) groups is 1. The van der Waals surface area contributed by atoms with Crippen molar-refractivity contribution in [2.75, 3.05) is 18.1 Å². The summed E-state index contributed by atoms with van der Waals surface area (Å²) in [5.74, 6) is -1.28. The van der Waals surface area contributed by atoms with Crippen LogP contribution in [0, 0.1) is 19.7 Å². The molecule has 1 N–H and O–H groups in total. The number of fused-ring (bicyclic) bond motifs is 1. The maximum absolute atomic E-state index is 14.2. The number of halogens is 1. The first kappa shape index (κ1) is 31.2. The average molecular weight is 660 g/mol. The summed E-state index contributed by atoms with van der Waals surface area (Å²) in [6.07, 6.45) is 1.82. The Morgan fingerprint density at radius 2 is 1.78 bits per heavy atom. The minimum absolute atomic E-state index is 0.142. The number of pyridine rings is 1. The fraction of sp³-hybridized carbons (Fsp3) is 0.242. The molecule has 6 rings (SSSR count). The van der Waals surface area contributed by atoms with Crippen LogP contribution in [-0.2, 0) is 15.3 Å². The lowest BCUT2D eigenvalue weighted by atomic mass is 9.96. The lowest BCUT2D eigenvalue weighted by Crippen LogP contribution is -2.29. The number of aromatic nitrogens is 4. The van der Waals surface area contributed by atoms with E-state index < -0.39 is 23.5 Å². The molecule has 1 fully saturated rings. The molecule has 1 aliphatic rings. The molecule has 0 spiro atoms. The van der Waals surface area contributed by atoms with Crippen LogP contribution in [0.15, 0.2) is 70.7 Å². The van der Waals surface area contributed by atoms with Crippen LogP contribution in [0.5, 0.6) is 11.5 Å². The predicted octanol–water partition coefficient (Wildman–Crippen LogP) is 6.66. The summed E-state index contributed by atoms with van der Waals surface area (Å²) in [5, 5.41) is 20.4. The van der Waals surface area contributed by atoms with E-state index in [-0.39, 0.29) is 22.2 Å². The summed E-state index contributed by atoms with van der Waals surface area (Å²) in [6, 6.07) is 14.3. The molecule has 46 heavy (non-hydrogen) atoms. The molecule has 1 atom stereocenters. The number of carbonyl (C=O) groups is 2. The van der Waals surface area contributed by atoms with Crippen molar-refractivity contribution in [2.45, 2.75) is 43.8 Å². The number of ether oxygens (including phenoxy) is 2. The van der Waals surface area contributed by atoms with Gasteiger partial charge in [-0.25, -0.2) is 9.37 Å². The number of hydrogen-bond donors (Lipinski definition) is 1. The van der Waals surface area contributed by atoms with Crippen molar-refractivity contribution < 1.29 is 28.6 Å². The number of imidazole rings is 1. The van der Waals surface area contributed by atoms with Gasteiger partial charge >= 0.3 is 5.91 Å². The number of rotatable bonds is 10. The van der Waals surface area contributed by atoms with Crippen LogP contribution < -0.4 is 14.4 Å². The molecule has 4 heterocycles. The van der Waals surface area contributed by atoms with Crippen molar-refractivity contribution in [3.05, 3.63) is 100 Å². The van der Waals surface area contributed by atoms with Gasteiger partial charge in [0.05, 0.1) is 30.5 Å². The van der Waals surface area contributed by atoms with Crippen molar-refractivity contribution in [1.29, 1.82) is 0 Å². The van der Waals surface area contributed by atoms with Gasteiger partial charge in [-0.15, -0.1) is 10.2 Å². The molecule has 0 saturated carbocycles.